The fourth-order valence-corrected chi connectivity index (χ4v) is 3.51. The monoisotopic (exact) mass is 305 g/mol. The minimum Gasteiger partial charge on any atom is -0.317 e. The van der Waals surface area contributed by atoms with E-state index in [1.54, 1.807) is 6.20 Å². The lowest BCUT2D eigenvalue weighted by molar-refractivity contribution is 0.573. The summed E-state index contributed by atoms with van der Waals surface area (Å²) in [5, 5.41) is 4.21. The van der Waals surface area contributed by atoms with Gasteiger partial charge in [-0.1, -0.05) is 6.92 Å². The highest BCUT2D eigenvalue weighted by molar-refractivity contribution is 7.89. The van der Waals surface area contributed by atoms with Crippen LogP contribution in [0.15, 0.2) is 6.20 Å². The highest BCUT2D eigenvalue weighted by atomic mass is 32.2. The molecule has 0 atom stereocenters. The van der Waals surface area contributed by atoms with Gasteiger partial charge in [0.15, 0.2) is 0 Å². The van der Waals surface area contributed by atoms with Gasteiger partial charge in [0.1, 0.15) is 0 Å². The van der Waals surface area contributed by atoms with E-state index in [2.05, 4.69) is 21.9 Å². The van der Waals surface area contributed by atoms with Gasteiger partial charge < -0.3 is 5.32 Å². The Morgan fingerprint density at radius 2 is 2.11 bits per heavy atom. The average molecular weight is 305 g/mol. The Balaban J connectivity index is 2.17. The van der Waals surface area contributed by atoms with Crippen LogP contribution >= 0.6 is 11.3 Å². The molecule has 0 amide bonds. The van der Waals surface area contributed by atoms with Crippen LogP contribution in [-0.2, 0) is 16.6 Å². The Hall–Kier alpha value is -0.500. The van der Waals surface area contributed by atoms with Gasteiger partial charge in [-0.15, -0.1) is 11.3 Å². The fourth-order valence-electron chi connectivity index (χ4n) is 1.58. The van der Waals surface area contributed by atoms with Gasteiger partial charge in [-0.2, -0.15) is 0 Å². The van der Waals surface area contributed by atoms with Crippen LogP contribution in [0, 0.1) is 6.92 Å². The quantitative estimate of drug-likeness (QED) is 0.645. The molecule has 1 aromatic heterocycles. The summed E-state index contributed by atoms with van der Waals surface area (Å²) in [6.07, 6.45) is 4.40. The Labute approximate surface area is 119 Å². The first-order valence-electron chi connectivity index (χ1n) is 6.63. The second-order valence-corrected chi connectivity index (χ2v) is 7.69. The fraction of sp³-hybridized carbons (Fsp3) is 0.750. The van der Waals surface area contributed by atoms with E-state index < -0.39 is 10.0 Å². The van der Waals surface area contributed by atoms with E-state index in [4.69, 9.17) is 0 Å². The van der Waals surface area contributed by atoms with Crippen molar-refractivity contribution >= 4 is 21.4 Å². The first-order chi connectivity index (χ1) is 9.03. The van der Waals surface area contributed by atoms with Crippen molar-refractivity contribution in [1.82, 2.24) is 15.0 Å². The van der Waals surface area contributed by atoms with Crippen molar-refractivity contribution in [3.05, 3.63) is 16.1 Å². The van der Waals surface area contributed by atoms with E-state index in [0.29, 0.717) is 13.0 Å². The Morgan fingerprint density at radius 1 is 1.32 bits per heavy atom. The average Bonchev–Trinajstić information content (AvgIpc) is 2.77. The van der Waals surface area contributed by atoms with Crippen LogP contribution in [0.2, 0.25) is 0 Å². The molecule has 0 spiro atoms. The summed E-state index contributed by atoms with van der Waals surface area (Å²) in [4.78, 5) is 5.05. The summed E-state index contributed by atoms with van der Waals surface area (Å²) in [5.74, 6) is 0.193. The number of rotatable bonds is 10. The Morgan fingerprint density at radius 3 is 2.74 bits per heavy atom. The SMILES string of the molecule is CCCNCCCCS(=O)(=O)NCc1cnc(C)s1. The maximum atomic E-state index is 11.8. The lowest BCUT2D eigenvalue weighted by Gasteiger charge is -2.06. The molecule has 110 valence electrons. The third-order valence-corrected chi connectivity index (χ3v) is 4.90. The van der Waals surface area contributed by atoms with Crippen LogP contribution < -0.4 is 10.0 Å². The van der Waals surface area contributed by atoms with E-state index in [9.17, 15) is 8.42 Å². The van der Waals surface area contributed by atoms with Crippen LogP contribution in [-0.4, -0.2) is 32.2 Å². The van der Waals surface area contributed by atoms with Crippen LogP contribution in [0.1, 0.15) is 36.1 Å². The number of hydrogen-bond donors (Lipinski definition) is 2. The molecular weight excluding hydrogens is 282 g/mol. The van der Waals surface area contributed by atoms with E-state index in [-0.39, 0.29) is 5.75 Å². The van der Waals surface area contributed by atoms with Crippen molar-refractivity contribution in [2.24, 2.45) is 0 Å². The van der Waals surface area contributed by atoms with Gasteiger partial charge in [-0.25, -0.2) is 18.1 Å². The van der Waals surface area contributed by atoms with Gasteiger partial charge in [0, 0.05) is 17.6 Å². The molecule has 1 heterocycles. The molecule has 0 bridgehead atoms. The molecular formula is C12H23N3O2S2. The largest absolute Gasteiger partial charge is 0.317 e. The summed E-state index contributed by atoms with van der Waals surface area (Å²) >= 11 is 1.52. The van der Waals surface area contributed by atoms with E-state index >= 15 is 0 Å². The number of nitrogens with one attached hydrogen (secondary N) is 2. The van der Waals surface area contributed by atoms with Gasteiger partial charge in [-0.3, -0.25) is 0 Å². The highest BCUT2D eigenvalue weighted by Gasteiger charge is 2.10. The highest BCUT2D eigenvalue weighted by Crippen LogP contribution is 2.11. The maximum absolute atomic E-state index is 11.8. The van der Waals surface area contributed by atoms with E-state index in [0.717, 1.165) is 35.8 Å². The first-order valence-corrected chi connectivity index (χ1v) is 9.09. The lowest BCUT2D eigenvalue weighted by Crippen LogP contribution is -2.26. The van der Waals surface area contributed by atoms with Crippen LogP contribution in [0.25, 0.3) is 0 Å². The standard InChI is InChI=1S/C12H23N3O2S2/c1-3-6-13-7-4-5-8-19(16,17)15-10-12-9-14-11(2)18-12/h9,13,15H,3-8,10H2,1-2H3. The summed E-state index contributed by atoms with van der Waals surface area (Å²) in [6, 6.07) is 0. The van der Waals surface area contributed by atoms with Crippen molar-refractivity contribution in [1.29, 1.82) is 0 Å². The molecule has 19 heavy (non-hydrogen) atoms. The molecule has 5 nitrogen and oxygen atoms in total. The number of hydrogen-bond acceptors (Lipinski definition) is 5. The number of nitrogens with zero attached hydrogens (tertiary/aromatic N) is 1. The molecule has 0 fully saturated rings. The number of sulfonamides is 1. The Bertz CT molecular complexity index is 457. The molecule has 0 unspecified atom stereocenters. The van der Waals surface area contributed by atoms with Gasteiger partial charge in [0.25, 0.3) is 0 Å². The molecule has 0 aromatic carbocycles. The Kier molecular flexibility index (Phi) is 7.52. The molecule has 0 radical (unpaired) electrons. The smallest absolute Gasteiger partial charge is 0.211 e. The first kappa shape index (κ1) is 16.6. The molecule has 0 aliphatic rings. The van der Waals surface area contributed by atoms with Crippen molar-refractivity contribution in [3.8, 4) is 0 Å². The normalized spacial score (nSPS) is 11.9. The number of unbranched alkanes of at least 4 members (excludes halogenated alkanes) is 1. The predicted molar refractivity (Wildman–Crippen MR) is 79.9 cm³/mol. The number of aromatic nitrogens is 1. The summed E-state index contributed by atoms with van der Waals surface area (Å²) < 4.78 is 26.1. The molecule has 0 saturated heterocycles. The summed E-state index contributed by atoms with van der Waals surface area (Å²) in [7, 11) is -3.16. The molecule has 1 rings (SSSR count). The zero-order valence-electron chi connectivity index (χ0n) is 11.6. The second kappa shape index (κ2) is 8.63. The minimum atomic E-state index is -3.16. The van der Waals surface area contributed by atoms with Crippen molar-refractivity contribution in [2.75, 3.05) is 18.8 Å². The zero-order chi connectivity index (χ0) is 14.1. The number of aryl methyl sites for hydroxylation is 1. The van der Waals surface area contributed by atoms with Crippen molar-refractivity contribution in [3.63, 3.8) is 0 Å². The molecule has 2 N–H and O–H groups in total. The number of thiazole rings is 1. The maximum Gasteiger partial charge on any atom is 0.211 e. The van der Waals surface area contributed by atoms with Crippen molar-refractivity contribution in [2.45, 2.75) is 39.7 Å². The third kappa shape index (κ3) is 7.61. The third-order valence-electron chi connectivity index (χ3n) is 2.58. The predicted octanol–water partition coefficient (Wildman–Crippen LogP) is 1.65. The van der Waals surface area contributed by atoms with E-state index in [1.807, 2.05) is 6.92 Å². The summed E-state index contributed by atoms with van der Waals surface area (Å²) in [5.41, 5.74) is 0. The lowest BCUT2D eigenvalue weighted by atomic mass is 10.3. The van der Waals surface area contributed by atoms with Crippen molar-refractivity contribution < 1.29 is 8.42 Å². The summed E-state index contributed by atoms with van der Waals surface area (Å²) in [6.45, 7) is 6.25. The second-order valence-electron chi connectivity index (χ2n) is 4.44. The van der Waals surface area contributed by atoms with Gasteiger partial charge in [-0.05, 0) is 39.3 Å². The molecule has 7 heteroatoms. The van der Waals surface area contributed by atoms with E-state index in [1.165, 1.54) is 11.3 Å². The van der Waals surface area contributed by atoms with Gasteiger partial charge in [0.2, 0.25) is 10.0 Å². The minimum absolute atomic E-state index is 0.193. The molecule has 0 saturated carbocycles. The van der Waals surface area contributed by atoms with Gasteiger partial charge >= 0.3 is 0 Å². The molecule has 0 aliphatic carbocycles. The van der Waals surface area contributed by atoms with Crippen LogP contribution in [0.4, 0.5) is 0 Å². The van der Waals surface area contributed by atoms with Gasteiger partial charge in [0.05, 0.1) is 10.8 Å². The molecule has 1 aromatic rings. The van der Waals surface area contributed by atoms with Crippen LogP contribution in [0.3, 0.4) is 0 Å². The topological polar surface area (TPSA) is 71.1 Å². The molecule has 0 aliphatic heterocycles. The van der Waals surface area contributed by atoms with Crippen LogP contribution in [0.5, 0.6) is 0 Å². The zero-order valence-corrected chi connectivity index (χ0v) is 13.2.